The molecule has 1 aromatic rings. The maximum Gasteiger partial charge on any atom is 0.0528 e. The Hall–Kier alpha value is -1.57. The smallest absolute Gasteiger partial charge is 0.0528 e. The SMILES string of the molecule is CCN1C=CN=C(C2CC2)c2ccccc21. The van der Waals surface area contributed by atoms with Crippen LogP contribution in [0.5, 0.6) is 0 Å². The average molecular weight is 212 g/mol. The van der Waals surface area contributed by atoms with E-state index >= 15 is 0 Å². The molecule has 0 N–H and O–H groups in total. The van der Waals surface area contributed by atoms with Gasteiger partial charge in [0, 0.05) is 36.1 Å². The fourth-order valence-electron chi connectivity index (χ4n) is 2.24. The van der Waals surface area contributed by atoms with E-state index in [9.17, 15) is 0 Å². The molecule has 3 rings (SSSR count). The minimum atomic E-state index is 0.697. The van der Waals surface area contributed by atoms with E-state index in [1.165, 1.54) is 29.8 Å². The maximum absolute atomic E-state index is 4.62. The summed E-state index contributed by atoms with van der Waals surface area (Å²) < 4.78 is 0. The lowest BCUT2D eigenvalue weighted by Gasteiger charge is -2.20. The largest absolute Gasteiger partial charge is 0.346 e. The minimum Gasteiger partial charge on any atom is -0.346 e. The van der Waals surface area contributed by atoms with Gasteiger partial charge in [-0.2, -0.15) is 0 Å². The van der Waals surface area contributed by atoms with Crippen molar-refractivity contribution in [1.82, 2.24) is 0 Å². The highest BCUT2D eigenvalue weighted by Gasteiger charge is 2.30. The van der Waals surface area contributed by atoms with E-state index in [0.29, 0.717) is 5.92 Å². The van der Waals surface area contributed by atoms with Gasteiger partial charge in [-0.25, -0.2) is 0 Å². The summed E-state index contributed by atoms with van der Waals surface area (Å²) in [5, 5.41) is 0. The van der Waals surface area contributed by atoms with Gasteiger partial charge >= 0.3 is 0 Å². The quantitative estimate of drug-likeness (QED) is 0.735. The van der Waals surface area contributed by atoms with E-state index in [1.807, 2.05) is 6.20 Å². The summed E-state index contributed by atoms with van der Waals surface area (Å²) in [5.74, 6) is 0.697. The Kier molecular flexibility index (Phi) is 2.28. The highest BCUT2D eigenvalue weighted by atomic mass is 15.1. The van der Waals surface area contributed by atoms with Crippen LogP contribution >= 0.6 is 0 Å². The Morgan fingerprint density at radius 3 is 2.88 bits per heavy atom. The van der Waals surface area contributed by atoms with Crippen LogP contribution in [-0.2, 0) is 0 Å². The van der Waals surface area contributed by atoms with E-state index in [1.54, 1.807) is 0 Å². The minimum absolute atomic E-state index is 0.697. The second kappa shape index (κ2) is 3.78. The fraction of sp³-hybridized carbons (Fsp3) is 0.357. The van der Waals surface area contributed by atoms with Crippen LogP contribution in [0.2, 0.25) is 0 Å². The summed E-state index contributed by atoms with van der Waals surface area (Å²) in [6, 6.07) is 8.59. The number of rotatable bonds is 2. The van der Waals surface area contributed by atoms with E-state index in [0.717, 1.165) is 6.54 Å². The first kappa shape index (κ1) is 9.64. The normalized spacial score (nSPS) is 19.1. The molecule has 0 saturated heterocycles. The first-order valence-corrected chi connectivity index (χ1v) is 6.00. The lowest BCUT2D eigenvalue weighted by molar-refractivity contribution is 1.01. The molecule has 16 heavy (non-hydrogen) atoms. The molecule has 1 saturated carbocycles. The van der Waals surface area contributed by atoms with E-state index in [-0.39, 0.29) is 0 Å². The Balaban J connectivity index is 2.11. The van der Waals surface area contributed by atoms with Crippen molar-refractivity contribution in [1.29, 1.82) is 0 Å². The van der Waals surface area contributed by atoms with E-state index in [2.05, 4.69) is 47.3 Å². The van der Waals surface area contributed by atoms with Gasteiger partial charge in [0.15, 0.2) is 0 Å². The van der Waals surface area contributed by atoms with Crippen molar-refractivity contribution in [2.75, 3.05) is 11.4 Å². The topological polar surface area (TPSA) is 15.6 Å². The third kappa shape index (κ3) is 1.54. The number of hydrogen-bond donors (Lipinski definition) is 0. The molecule has 82 valence electrons. The summed E-state index contributed by atoms with van der Waals surface area (Å²) in [6.07, 6.45) is 6.62. The predicted octanol–water partition coefficient (Wildman–Crippen LogP) is 3.20. The zero-order valence-electron chi connectivity index (χ0n) is 9.56. The number of fused-ring (bicyclic) bond motifs is 1. The molecule has 0 radical (unpaired) electrons. The highest BCUT2D eigenvalue weighted by Crippen LogP contribution is 2.37. The molecule has 0 amide bonds. The second-order valence-corrected chi connectivity index (χ2v) is 4.39. The average Bonchev–Trinajstić information content (AvgIpc) is 3.14. The fourth-order valence-corrected chi connectivity index (χ4v) is 2.24. The van der Waals surface area contributed by atoms with Gasteiger partial charge in [0.1, 0.15) is 0 Å². The highest BCUT2D eigenvalue weighted by molar-refractivity contribution is 6.08. The van der Waals surface area contributed by atoms with Crippen molar-refractivity contribution < 1.29 is 0 Å². The summed E-state index contributed by atoms with van der Waals surface area (Å²) in [7, 11) is 0. The molecule has 0 unspecified atom stereocenters. The number of benzene rings is 1. The van der Waals surface area contributed by atoms with Gasteiger partial charge in [0.2, 0.25) is 0 Å². The monoisotopic (exact) mass is 212 g/mol. The van der Waals surface area contributed by atoms with Crippen molar-refractivity contribution in [3.8, 4) is 0 Å². The lowest BCUT2D eigenvalue weighted by atomic mass is 10.0. The molecule has 1 aromatic carbocycles. The Bertz CT molecular complexity index is 456. The van der Waals surface area contributed by atoms with Crippen LogP contribution in [0.3, 0.4) is 0 Å². The van der Waals surface area contributed by atoms with Gasteiger partial charge in [0.05, 0.1) is 5.71 Å². The third-order valence-corrected chi connectivity index (χ3v) is 3.25. The Morgan fingerprint density at radius 1 is 1.31 bits per heavy atom. The molecule has 0 aromatic heterocycles. The number of para-hydroxylation sites is 1. The molecule has 1 aliphatic heterocycles. The van der Waals surface area contributed by atoms with E-state index in [4.69, 9.17) is 0 Å². The van der Waals surface area contributed by atoms with Crippen LogP contribution in [0.4, 0.5) is 5.69 Å². The molecule has 1 heterocycles. The standard InChI is InChI=1S/C14H16N2/c1-2-16-10-9-15-14(11-7-8-11)12-5-3-4-6-13(12)16/h3-6,9-11H,2,7-8H2,1H3. The van der Waals surface area contributed by atoms with Crippen LogP contribution in [0.1, 0.15) is 25.3 Å². The van der Waals surface area contributed by atoms with Gasteiger partial charge in [0.25, 0.3) is 0 Å². The van der Waals surface area contributed by atoms with Gasteiger partial charge in [-0.1, -0.05) is 18.2 Å². The van der Waals surface area contributed by atoms with Gasteiger partial charge < -0.3 is 4.90 Å². The number of aliphatic imine (C=N–C) groups is 1. The first-order valence-electron chi connectivity index (χ1n) is 6.00. The van der Waals surface area contributed by atoms with Crippen molar-refractivity contribution in [3.63, 3.8) is 0 Å². The van der Waals surface area contributed by atoms with Crippen molar-refractivity contribution in [2.45, 2.75) is 19.8 Å². The van der Waals surface area contributed by atoms with Crippen molar-refractivity contribution >= 4 is 11.4 Å². The molecule has 0 atom stereocenters. The summed E-state index contributed by atoms with van der Waals surface area (Å²) in [5.41, 5.74) is 3.89. The van der Waals surface area contributed by atoms with Crippen LogP contribution in [0, 0.1) is 5.92 Å². The maximum atomic E-state index is 4.62. The number of nitrogens with zero attached hydrogens (tertiary/aromatic N) is 2. The Morgan fingerprint density at radius 2 is 2.12 bits per heavy atom. The first-order chi connectivity index (χ1) is 7.90. The van der Waals surface area contributed by atoms with Crippen LogP contribution in [0.25, 0.3) is 0 Å². The molecule has 0 spiro atoms. The zero-order valence-corrected chi connectivity index (χ0v) is 9.56. The molecular formula is C14H16N2. The van der Waals surface area contributed by atoms with E-state index < -0.39 is 0 Å². The van der Waals surface area contributed by atoms with Crippen LogP contribution in [-0.4, -0.2) is 12.3 Å². The third-order valence-electron chi connectivity index (χ3n) is 3.25. The summed E-state index contributed by atoms with van der Waals surface area (Å²) >= 11 is 0. The number of anilines is 1. The van der Waals surface area contributed by atoms with Gasteiger partial charge in [-0.15, -0.1) is 0 Å². The summed E-state index contributed by atoms with van der Waals surface area (Å²) in [6.45, 7) is 3.16. The van der Waals surface area contributed by atoms with Crippen molar-refractivity contribution in [2.24, 2.45) is 10.9 Å². The molecule has 1 aliphatic carbocycles. The van der Waals surface area contributed by atoms with Crippen LogP contribution < -0.4 is 4.90 Å². The predicted molar refractivity (Wildman–Crippen MR) is 67.9 cm³/mol. The van der Waals surface area contributed by atoms with Gasteiger partial charge in [-0.3, -0.25) is 4.99 Å². The summed E-state index contributed by atoms with van der Waals surface area (Å²) in [4.78, 5) is 6.88. The van der Waals surface area contributed by atoms with Gasteiger partial charge in [-0.05, 0) is 25.8 Å². The molecule has 2 heteroatoms. The molecule has 2 aliphatic rings. The lowest BCUT2D eigenvalue weighted by Crippen LogP contribution is -2.17. The zero-order chi connectivity index (χ0) is 11.0. The van der Waals surface area contributed by atoms with Crippen LogP contribution in [0.15, 0.2) is 41.7 Å². The molecule has 2 nitrogen and oxygen atoms in total. The molecule has 1 fully saturated rings. The van der Waals surface area contributed by atoms with Crippen molar-refractivity contribution in [3.05, 3.63) is 42.2 Å². The number of hydrogen-bond acceptors (Lipinski definition) is 2. The molecular weight excluding hydrogens is 196 g/mol. The molecule has 0 bridgehead atoms. The second-order valence-electron chi connectivity index (χ2n) is 4.39. The Labute approximate surface area is 96.3 Å².